The smallest absolute Gasteiger partial charge is 0.347 e. The average Bonchev–Trinajstić information content (AvgIpc) is 2.42. The second-order valence-corrected chi connectivity index (χ2v) is 3.61. The first-order chi connectivity index (χ1) is 8.81. The van der Waals surface area contributed by atoms with Gasteiger partial charge in [0.05, 0.1) is 6.26 Å². The van der Waals surface area contributed by atoms with E-state index in [-0.39, 0.29) is 5.57 Å². The van der Waals surface area contributed by atoms with Gasteiger partial charge in [-0.25, -0.2) is 4.79 Å². The van der Waals surface area contributed by atoms with Gasteiger partial charge in [-0.05, 0) is 17.7 Å². The molecule has 90 valence electrons. The molecule has 0 radical (unpaired) electrons. The maximum atomic E-state index is 11.9. The Morgan fingerprint density at radius 2 is 1.50 bits per heavy atom. The Kier molecular flexibility index (Phi) is 3.76. The van der Waals surface area contributed by atoms with Crippen LogP contribution in [0.1, 0.15) is 5.56 Å². The van der Waals surface area contributed by atoms with Crippen LogP contribution >= 0.6 is 0 Å². The van der Waals surface area contributed by atoms with Crippen molar-refractivity contribution in [2.24, 2.45) is 0 Å². The first kappa shape index (κ1) is 11.9. The van der Waals surface area contributed by atoms with Crippen molar-refractivity contribution in [3.05, 3.63) is 72.5 Å². The molecule has 0 fully saturated rings. The highest BCUT2D eigenvalue weighted by molar-refractivity contribution is 6.16. The summed E-state index contributed by atoms with van der Waals surface area (Å²) in [5, 5.41) is 9.17. The molecule has 0 aliphatic rings. The molecule has 1 N–H and O–H groups in total. The van der Waals surface area contributed by atoms with Crippen molar-refractivity contribution in [1.82, 2.24) is 0 Å². The van der Waals surface area contributed by atoms with Gasteiger partial charge in [0, 0.05) is 0 Å². The predicted molar refractivity (Wildman–Crippen MR) is 69.1 cm³/mol. The van der Waals surface area contributed by atoms with Crippen LogP contribution in [0.25, 0.3) is 5.57 Å². The summed E-state index contributed by atoms with van der Waals surface area (Å²) in [7, 11) is 0. The molecule has 0 aromatic heterocycles. The molecular weight excluding hydrogens is 228 g/mol. The lowest BCUT2D eigenvalue weighted by atomic mass is 10.1. The fourth-order valence-electron chi connectivity index (χ4n) is 1.51. The van der Waals surface area contributed by atoms with E-state index in [4.69, 9.17) is 9.84 Å². The third-order valence-electron chi connectivity index (χ3n) is 2.39. The molecule has 0 aliphatic carbocycles. The minimum atomic E-state index is -0.588. The molecule has 0 saturated carbocycles. The number of para-hydroxylation sites is 1. The molecule has 2 aromatic rings. The lowest BCUT2D eigenvalue weighted by Crippen LogP contribution is -2.10. The second-order valence-electron chi connectivity index (χ2n) is 3.61. The number of rotatable bonds is 3. The zero-order valence-electron chi connectivity index (χ0n) is 9.61. The van der Waals surface area contributed by atoms with Crippen LogP contribution in [0, 0.1) is 0 Å². The minimum absolute atomic E-state index is 0.124. The van der Waals surface area contributed by atoms with E-state index in [1.807, 2.05) is 12.1 Å². The van der Waals surface area contributed by atoms with Gasteiger partial charge in [0.2, 0.25) is 0 Å². The Hall–Kier alpha value is -2.55. The monoisotopic (exact) mass is 240 g/mol. The first-order valence-electron chi connectivity index (χ1n) is 5.48. The van der Waals surface area contributed by atoms with E-state index in [1.165, 1.54) is 0 Å². The highest BCUT2D eigenvalue weighted by Crippen LogP contribution is 2.17. The van der Waals surface area contributed by atoms with Gasteiger partial charge in [-0.15, -0.1) is 0 Å². The number of benzene rings is 2. The Morgan fingerprint density at radius 1 is 0.944 bits per heavy atom. The summed E-state index contributed by atoms with van der Waals surface area (Å²) in [6, 6.07) is 17.6. The average molecular weight is 240 g/mol. The molecule has 0 spiro atoms. The maximum absolute atomic E-state index is 11.9. The topological polar surface area (TPSA) is 46.5 Å². The molecule has 3 heteroatoms. The Bertz CT molecular complexity index is 544. The minimum Gasteiger partial charge on any atom is -0.515 e. The lowest BCUT2D eigenvalue weighted by Gasteiger charge is -2.06. The number of hydrogen-bond acceptors (Lipinski definition) is 3. The van der Waals surface area contributed by atoms with Crippen LogP contribution in [0.15, 0.2) is 66.9 Å². The van der Waals surface area contributed by atoms with Crippen LogP contribution in [0.5, 0.6) is 5.75 Å². The van der Waals surface area contributed by atoms with Crippen LogP contribution in [0.4, 0.5) is 0 Å². The summed E-state index contributed by atoms with van der Waals surface area (Å²) in [5.74, 6) is -0.146. The highest BCUT2D eigenvalue weighted by Gasteiger charge is 2.14. The molecule has 0 atom stereocenters. The van der Waals surface area contributed by atoms with E-state index in [1.54, 1.807) is 48.5 Å². The van der Waals surface area contributed by atoms with Crippen molar-refractivity contribution in [3.8, 4) is 5.75 Å². The molecule has 18 heavy (non-hydrogen) atoms. The van der Waals surface area contributed by atoms with Gasteiger partial charge in [-0.3, -0.25) is 0 Å². The fraction of sp³-hybridized carbons (Fsp3) is 0. The summed E-state index contributed by atoms with van der Waals surface area (Å²) in [5.41, 5.74) is 0.736. The maximum Gasteiger partial charge on any atom is 0.347 e. The van der Waals surface area contributed by atoms with E-state index in [0.717, 1.165) is 6.26 Å². The zero-order valence-corrected chi connectivity index (χ0v) is 9.61. The van der Waals surface area contributed by atoms with E-state index in [9.17, 15) is 4.79 Å². The number of carbonyl (C=O) groups is 1. The van der Waals surface area contributed by atoms with Gasteiger partial charge < -0.3 is 9.84 Å². The van der Waals surface area contributed by atoms with Crippen molar-refractivity contribution in [2.75, 3.05) is 0 Å². The molecular formula is C15H12O3. The van der Waals surface area contributed by atoms with E-state index < -0.39 is 5.97 Å². The molecule has 0 saturated heterocycles. The summed E-state index contributed by atoms with van der Waals surface area (Å²) in [4.78, 5) is 11.9. The van der Waals surface area contributed by atoms with Crippen molar-refractivity contribution in [3.63, 3.8) is 0 Å². The van der Waals surface area contributed by atoms with Crippen molar-refractivity contribution in [1.29, 1.82) is 0 Å². The molecule has 0 aliphatic heterocycles. The van der Waals surface area contributed by atoms with Crippen molar-refractivity contribution < 1.29 is 14.6 Å². The molecule has 0 unspecified atom stereocenters. The summed E-state index contributed by atoms with van der Waals surface area (Å²) in [6.07, 6.45) is 0.764. The number of hydrogen-bond donors (Lipinski definition) is 1. The van der Waals surface area contributed by atoms with Crippen LogP contribution in [0.3, 0.4) is 0 Å². The van der Waals surface area contributed by atoms with Crippen molar-refractivity contribution in [2.45, 2.75) is 0 Å². The molecule has 2 rings (SSSR count). The van der Waals surface area contributed by atoms with Crippen LogP contribution in [-0.4, -0.2) is 11.1 Å². The number of ether oxygens (including phenoxy) is 1. The number of aliphatic hydroxyl groups excluding tert-OH is 1. The van der Waals surface area contributed by atoms with Crippen molar-refractivity contribution >= 4 is 11.5 Å². The second kappa shape index (κ2) is 5.68. The molecule has 0 amide bonds. The summed E-state index contributed by atoms with van der Waals surface area (Å²) >= 11 is 0. The van der Waals surface area contributed by atoms with Gasteiger partial charge in [0.1, 0.15) is 11.3 Å². The Morgan fingerprint density at radius 3 is 2.06 bits per heavy atom. The Balaban J connectivity index is 2.18. The fourth-order valence-corrected chi connectivity index (χ4v) is 1.51. The zero-order chi connectivity index (χ0) is 12.8. The normalized spacial score (nSPS) is 11.0. The van der Waals surface area contributed by atoms with E-state index in [2.05, 4.69) is 0 Å². The third-order valence-corrected chi connectivity index (χ3v) is 2.39. The summed E-state index contributed by atoms with van der Waals surface area (Å²) in [6.45, 7) is 0. The number of esters is 1. The molecule has 2 aromatic carbocycles. The SMILES string of the molecule is O=C(Oc1ccccc1)C(=CO)c1ccccc1. The van der Waals surface area contributed by atoms with E-state index >= 15 is 0 Å². The Labute approximate surface area is 105 Å². The van der Waals surface area contributed by atoms with Crippen LogP contribution in [-0.2, 0) is 4.79 Å². The molecule has 3 nitrogen and oxygen atoms in total. The van der Waals surface area contributed by atoms with Gasteiger partial charge in [0.15, 0.2) is 0 Å². The van der Waals surface area contributed by atoms with Crippen LogP contribution in [0.2, 0.25) is 0 Å². The largest absolute Gasteiger partial charge is 0.515 e. The number of aliphatic hydroxyl groups is 1. The van der Waals surface area contributed by atoms with Gasteiger partial charge >= 0.3 is 5.97 Å². The van der Waals surface area contributed by atoms with Gasteiger partial charge in [-0.1, -0.05) is 48.5 Å². The number of carbonyl (C=O) groups excluding carboxylic acids is 1. The summed E-state index contributed by atoms with van der Waals surface area (Å²) < 4.78 is 5.15. The molecule has 0 bridgehead atoms. The first-order valence-corrected chi connectivity index (χ1v) is 5.48. The predicted octanol–water partition coefficient (Wildman–Crippen LogP) is 3.19. The third kappa shape index (κ3) is 2.77. The van der Waals surface area contributed by atoms with Gasteiger partial charge in [0.25, 0.3) is 0 Å². The highest BCUT2D eigenvalue weighted by atomic mass is 16.5. The van der Waals surface area contributed by atoms with Gasteiger partial charge in [-0.2, -0.15) is 0 Å². The molecule has 0 heterocycles. The quantitative estimate of drug-likeness (QED) is 0.388. The standard InChI is InChI=1S/C15H12O3/c16-11-14(12-7-3-1-4-8-12)15(17)18-13-9-5-2-6-10-13/h1-11,16H. The lowest BCUT2D eigenvalue weighted by molar-refractivity contribution is -0.128. The van der Waals surface area contributed by atoms with Crippen LogP contribution < -0.4 is 4.74 Å². The van der Waals surface area contributed by atoms with E-state index in [0.29, 0.717) is 11.3 Å².